The first-order valence-electron chi connectivity index (χ1n) is 5.94. The molecule has 0 radical (unpaired) electrons. The average molecular weight is 273 g/mol. The standard InChI is InChI=1S/C13H15N5O2/c1-9-6-18(8-15-9)12-4-2-10(16-11(12)7-19)3-5-13(20)17-14/h2-6,8,19H,7,14H2,1H3,(H,17,20). The molecule has 2 aromatic rings. The Bertz CT molecular complexity index is 648. The van der Waals surface area contributed by atoms with Gasteiger partial charge in [0.25, 0.3) is 5.91 Å². The molecule has 1 amide bonds. The minimum Gasteiger partial charge on any atom is -0.390 e. The fourth-order valence-electron chi connectivity index (χ4n) is 1.72. The summed E-state index contributed by atoms with van der Waals surface area (Å²) in [4.78, 5) is 19.4. The number of aliphatic hydroxyl groups excluding tert-OH is 1. The molecule has 0 aliphatic heterocycles. The number of amides is 1. The number of aromatic nitrogens is 3. The molecule has 0 saturated heterocycles. The fourth-order valence-corrected chi connectivity index (χ4v) is 1.72. The van der Waals surface area contributed by atoms with Crippen LogP contribution in [0, 0.1) is 6.92 Å². The summed E-state index contributed by atoms with van der Waals surface area (Å²) in [5.41, 5.74) is 4.66. The normalized spacial score (nSPS) is 10.9. The van der Waals surface area contributed by atoms with E-state index in [1.165, 1.54) is 12.2 Å². The number of pyridine rings is 1. The fraction of sp³-hybridized carbons (Fsp3) is 0.154. The molecule has 4 N–H and O–H groups in total. The van der Waals surface area contributed by atoms with Gasteiger partial charge in [0.1, 0.15) is 0 Å². The molecule has 0 bridgehead atoms. The Kier molecular flexibility index (Phi) is 4.24. The van der Waals surface area contributed by atoms with Gasteiger partial charge in [-0.05, 0) is 25.1 Å². The zero-order chi connectivity index (χ0) is 14.5. The van der Waals surface area contributed by atoms with E-state index in [0.717, 1.165) is 11.4 Å². The number of imidazole rings is 1. The van der Waals surface area contributed by atoms with Gasteiger partial charge in [-0.1, -0.05) is 0 Å². The molecule has 7 nitrogen and oxygen atoms in total. The largest absolute Gasteiger partial charge is 0.390 e. The lowest BCUT2D eigenvalue weighted by Gasteiger charge is -2.08. The molecule has 0 aliphatic rings. The van der Waals surface area contributed by atoms with Crippen molar-refractivity contribution in [2.45, 2.75) is 13.5 Å². The molecule has 104 valence electrons. The van der Waals surface area contributed by atoms with E-state index in [0.29, 0.717) is 11.4 Å². The van der Waals surface area contributed by atoms with Gasteiger partial charge in [-0.15, -0.1) is 0 Å². The molecule has 0 unspecified atom stereocenters. The number of nitrogens with two attached hydrogens (primary N) is 1. The van der Waals surface area contributed by atoms with Crippen molar-refractivity contribution >= 4 is 12.0 Å². The van der Waals surface area contributed by atoms with E-state index in [9.17, 15) is 9.90 Å². The van der Waals surface area contributed by atoms with Crippen LogP contribution in [0.2, 0.25) is 0 Å². The number of carbonyl (C=O) groups excluding carboxylic acids is 1. The lowest BCUT2D eigenvalue weighted by molar-refractivity contribution is -0.116. The number of nitrogens with one attached hydrogen (secondary N) is 1. The second-order valence-electron chi connectivity index (χ2n) is 4.12. The van der Waals surface area contributed by atoms with Crippen LogP contribution in [0.25, 0.3) is 11.8 Å². The number of rotatable bonds is 4. The Morgan fingerprint density at radius 2 is 2.35 bits per heavy atom. The summed E-state index contributed by atoms with van der Waals surface area (Å²) < 4.78 is 1.79. The lowest BCUT2D eigenvalue weighted by Crippen LogP contribution is -2.27. The third-order valence-corrected chi connectivity index (χ3v) is 2.66. The van der Waals surface area contributed by atoms with Crippen LogP contribution < -0.4 is 11.3 Å². The second kappa shape index (κ2) is 6.09. The first kappa shape index (κ1) is 13.9. The van der Waals surface area contributed by atoms with Crippen LogP contribution in [-0.4, -0.2) is 25.5 Å². The van der Waals surface area contributed by atoms with Crippen LogP contribution in [0.3, 0.4) is 0 Å². The van der Waals surface area contributed by atoms with Crippen LogP contribution in [0.1, 0.15) is 17.1 Å². The molecule has 2 heterocycles. The summed E-state index contributed by atoms with van der Waals surface area (Å²) >= 11 is 0. The van der Waals surface area contributed by atoms with Gasteiger partial charge in [-0.3, -0.25) is 10.2 Å². The van der Waals surface area contributed by atoms with Crippen LogP contribution in [0.5, 0.6) is 0 Å². The molecule has 0 atom stereocenters. The molecule has 0 aliphatic carbocycles. The molecule has 20 heavy (non-hydrogen) atoms. The van der Waals surface area contributed by atoms with Gasteiger partial charge in [0, 0.05) is 12.3 Å². The highest BCUT2D eigenvalue weighted by atomic mass is 16.3. The Balaban J connectivity index is 2.33. The molecular weight excluding hydrogens is 258 g/mol. The van der Waals surface area contributed by atoms with Gasteiger partial charge in [0.15, 0.2) is 0 Å². The minimum atomic E-state index is -0.424. The third kappa shape index (κ3) is 3.08. The van der Waals surface area contributed by atoms with Gasteiger partial charge in [-0.2, -0.15) is 0 Å². The highest BCUT2D eigenvalue weighted by Gasteiger charge is 2.06. The maximum absolute atomic E-state index is 11.0. The van der Waals surface area contributed by atoms with Crippen LogP contribution in [0.4, 0.5) is 0 Å². The van der Waals surface area contributed by atoms with Crippen molar-refractivity contribution in [3.8, 4) is 5.69 Å². The van der Waals surface area contributed by atoms with E-state index in [1.54, 1.807) is 23.0 Å². The van der Waals surface area contributed by atoms with E-state index in [-0.39, 0.29) is 6.61 Å². The lowest BCUT2D eigenvalue weighted by atomic mass is 10.2. The Labute approximate surface area is 115 Å². The molecule has 0 aromatic carbocycles. The highest BCUT2D eigenvalue weighted by Crippen LogP contribution is 2.15. The summed E-state index contributed by atoms with van der Waals surface area (Å²) in [7, 11) is 0. The van der Waals surface area contributed by atoms with Gasteiger partial charge >= 0.3 is 0 Å². The maximum atomic E-state index is 11.0. The van der Waals surface area contributed by atoms with Crippen molar-refractivity contribution in [3.05, 3.63) is 47.8 Å². The number of carbonyl (C=O) groups is 1. The first-order valence-corrected chi connectivity index (χ1v) is 5.94. The average Bonchev–Trinajstić information content (AvgIpc) is 2.90. The predicted octanol–water partition coefficient (Wildman–Crippen LogP) is 0.0711. The summed E-state index contributed by atoms with van der Waals surface area (Å²) in [6, 6.07) is 3.55. The second-order valence-corrected chi connectivity index (χ2v) is 4.12. The van der Waals surface area contributed by atoms with E-state index in [2.05, 4.69) is 9.97 Å². The maximum Gasteiger partial charge on any atom is 0.257 e. The number of hydrogen-bond donors (Lipinski definition) is 3. The van der Waals surface area contributed by atoms with Crippen molar-refractivity contribution in [3.63, 3.8) is 0 Å². The predicted molar refractivity (Wildman–Crippen MR) is 73.4 cm³/mol. The van der Waals surface area contributed by atoms with Crippen LogP contribution in [-0.2, 0) is 11.4 Å². The Morgan fingerprint density at radius 1 is 1.55 bits per heavy atom. The molecular formula is C13H15N5O2. The number of nitrogens with zero attached hydrogens (tertiary/aromatic N) is 3. The molecule has 0 saturated carbocycles. The van der Waals surface area contributed by atoms with Gasteiger partial charge in [0.05, 0.1) is 35.7 Å². The van der Waals surface area contributed by atoms with Crippen molar-refractivity contribution in [2.75, 3.05) is 0 Å². The number of aryl methyl sites for hydroxylation is 1. The molecule has 2 aromatic heterocycles. The molecule has 2 rings (SSSR count). The smallest absolute Gasteiger partial charge is 0.257 e. The van der Waals surface area contributed by atoms with E-state index < -0.39 is 5.91 Å². The summed E-state index contributed by atoms with van der Waals surface area (Å²) in [6.07, 6.45) is 6.28. The van der Waals surface area contributed by atoms with Crippen LogP contribution in [0.15, 0.2) is 30.7 Å². The highest BCUT2D eigenvalue weighted by molar-refractivity contribution is 5.90. The zero-order valence-electron chi connectivity index (χ0n) is 10.9. The SMILES string of the molecule is Cc1cn(-c2ccc(C=CC(=O)NN)nc2CO)cn1. The van der Waals surface area contributed by atoms with E-state index in [4.69, 9.17) is 5.84 Å². The third-order valence-electron chi connectivity index (χ3n) is 2.66. The van der Waals surface area contributed by atoms with Crippen molar-refractivity contribution in [1.29, 1.82) is 0 Å². The summed E-state index contributed by atoms with van der Waals surface area (Å²) in [5.74, 6) is 4.55. The Morgan fingerprint density at radius 3 is 2.95 bits per heavy atom. The van der Waals surface area contributed by atoms with Crippen LogP contribution >= 0.6 is 0 Å². The summed E-state index contributed by atoms with van der Waals surface area (Å²) in [5, 5.41) is 9.41. The molecule has 0 fully saturated rings. The number of hydrogen-bond acceptors (Lipinski definition) is 5. The van der Waals surface area contributed by atoms with E-state index in [1.807, 2.05) is 18.5 Å². The Hall–Kier alpha value is -2.51. The van der Waals surface area contributed by atoms with Crippen molar-refractivity contribution in [1.82, 2.24) is 20.0 Å². The first-order chi connectivity index (χ1) is 9.63. The van der Waals surface area contributed by atoms with Crippen molar-refractivity contribution < 1.29 is 9.90 Å². The monoisotopic (exact) mass is 273 g/mol. The van der Waals surface area contributed by atoms with Gasteiger partial charge in [-0.25, -0.2) is 15.8 Å². The zero-order valence-corrected chi connectivity index (χ0v) is 10.9. The van der Waals surface area contributed by atoms with E-state index >= 15 is 0 Å². The van der Waals surface area contributed by atoms with Crippen molar-refractivity contribution in [2.24, 2.45) is 5.84 Å². The minimum absolute atomic E-state index is 0.211. The van der Waals surface area contributed by atoms with Gasteiger partial charge in [0.2, 0.25) is 0 Å². The molecule has 0 spiro atoms. The number of aliphatic hydroxyl groups is 1. The number of hydrazine groups is 1. The topological polar surface area (TPSA) is 106 Å². The summed E-state index contributed by atoms with van der Waals surface area (Å²) in [6.45, 7) is 1.67. The quantitative estimate of drug-likeness (QED) is 0.316. The van der Waals surface area contributed by atoms with Gasteiger partial charge < -0.3 is 9.67 Å². The molecule has 7 heteroatoms.